The number of hydrogen-bond acceptors (Lipinski definition) is 4. The third-order valence-corrected chi connectivity index (χ3v) is 3.98. The highest BCUT2D eigenvalue weighted by Gasteiger charge is 2.18. The molecular weight excluding hydrogens is 365 g/mol. The second kappa shape index (κ2) is 5.92. The molecule has 3 aromatic rings. The summed E-state index contributed by atoms with van der Waals surface area (Å²) in [6.07, 6.45) is 1.47. The molecule has 0 atom stereocenters. The van der Waals surface area contributed by atoms with Crippen molar-refractivity contribution >= 4 is 43.9 Å². The molecule has 0 saturated heterocycles. The van der Waals surface area contributed by atoms with Gasteiger partial charge in [0.15, 0.2) is 0 Å². The number of nitro benzene ring substituents is 1. The Bertz CT molecular complexity index is 931. The van der Waals surface area contributed by atoms with Gasteiger partial charge in [-0.15, -0.1) is 0 Å². The van der Waals surface area contributed by atoms with Crippen LogP contribution in [-0.2, 0) is 0 Å². The number of nitrogens with zero attached hydrogens (tertiary/aromatic N) is 2. The molecule has 0 aliphatic carbocycles. The smallest absolute Gasteiger partial charge is 0.280 e. The van der Waals surface area contributed by atoms with Crippen LogP contribution in [0.15, 0.2) is 47.1 Å². The quantitative estimate of drug-likeness (QED) is 0.510. The third-order valence-electron chi connectivity index (χ3n) is 3.48. The molecule has 1 N–H and O–H groups in total. The Morgan fingerprint density at radius 2 is 2.00 bits per heavy atom. The third kappa shape index (κ3) is 2.87. The van der Waals surface area contributed by atoms with E-state index >= 15 is 0 Å². The summed E-state index contributed by atoms with van der Waals surface area (Å²) in [6.45, 7) is 1.68. The SMILES string of the molecule is Cc1ccc2c(Nc3cc(Br)ccc3F)nccc2c1[N+](=O)[O-]. The Balaban J connectivity index is 2.17. The van der Waals surface area contributed by atoms with Gasteiger partial charge in [-0.2, -0.15) is 0 Å². The second-order valence-corrected chi connectivity index (χ2v) is 5.91. The summed E-state index contributed by atoms with van der Waals surface area (Å²) in [5.41, 5.74) is 0.832. The second-order valence-electron chi connectivity index (χ2n) is 4.99. The number of anilines is 2. The highest BCUT2D eigenvalue weighted by atomic mass is 79.9. The Hall–Kier alpha value is -2.54. The van der Waals surface area contributed by atoms with Crippen LogP contribution in [-0.4, -0.2) is 9.91 Å². The normalized spacial score (nSPS) is 10.7. The van der Waals surface area contributed by atoms with Gasteiger partial charge < -0.3 is 5.32 Å². The average Bonchev–Trinajstić information content (AvgIpc) is 2.50. The van der Waals surface area contributed by atoms with Gasteiger partial charge in [0.1, 0.15) is 11.6 Å². The molecule has 0 amide bonds. The fourth-order valence-corrected chi connectivity index (χ4v) is 2.77. The molecule has 5 nitrogen and oxygen atoms in total. The van der Waals surface area contributed by atoms with Crippen LogP contribution in [0.2, 0.25) is 0 Å². The average molecular weight is 376 g/mol. The van der Waals surface area contributed by atoms with Crippen molar-refractivity contribution in [3.8, 4) is 0 Å². The Morgan fingerprint density at radius 3 is 2.74 bits per heavy atom. The number of pyridine rings is 1. The van der Waals surface area contributed by atoms with Gasteiger partial charge in [-0.3, -0.25) is 10.1 Å². The van der Waals surface area contributed by atoms with Crippen LogP contribution in [0.5, 0.6) is 0 Å². The predicted molar refractivity (Wildman–Crippen MR) is 90.5 cm³/mol. The fourth-order valence-electron chi connectivity index (χ4n) is 2.41. The molecule has 0 bridgehead atoms. The van der Waals surface area contributed by atoms with Gasteiger partial charge in [0.05, 0.1) is 16.0 Å². The molecule has 0 unspecified atom stereocenters. The summed E-state index contributed by atoms with van der Waals surface area (Å²) in [4.78, 5) is 15.1. The Labute approximate surface area is 139 Å². The zero-order chi connectivity index (χ0) is 16.6. The molecule has 1 heterocycles. The van der Waals surface area contributed by atoms with Gasteiger partial charge in [-0.05, 0) is 37.3 Å². The summed E-state index contributed by atoms with van der Waals surface area (Å²) >= 11 is 3.28. The minimum atomic E-state index is -0.436. The van der Waals surface area contributed by atoms with E-state index in [1.165, 1.54) is 12.3 Å². The maximum absolute atomic E-state index is 13.9. The minimum Gasteiger partial charge on any atom is -0.337 e. The van der Waals surface area contributed by atoms with Crippen LogP contribution in [0.1, 0.15) is 5.56 Å². The van der Waals surface area contributed by atoms with Crippen LogP contribution in [0.4, 0.5) is 21.6 Å². The van der Waals surface area contributed by atoms with Crippen LogP contribution in [0, 0.1) is 22.9 Å². The van der Waals surface area contributed by atoms with E-state index in [0.717, 1.165) is 0 Å². The molecular formula is C16H11BrFN3O2. The van der Waals surface area contributed by atoms with E-state index in [1.807, 2.05) is 0 Å². The summed E-state index contributed by atoms with van der Waals surface area (Å²) in [7, 11) is 0. The number of hydrogen-bond donors (Lipinski definition) is 1. The summed E-state index contributed by atoms with van der Waals surface area (Å²) in [5.74, 6) is -0.0729. The summed E-state index contributed by atoms with van der Waals surface area (Å²) < 4.78 is 14.6. The monoisotopic (exact) mass is 375 g/mol. The van der Waals surface area contributed by atoms with Crippen molar-refractivity contribution in [1.82, 2.24) is 4.98 Å². The van der Waals surface area contributed by atoms with Gasteiger partial charge in [0.2, 0.25) is 0 Å². The van der Waals surface area contributed by atoms with Gasteiger partial charge in [0, 0.05) is 21.6 Å². The van der Waals surface area contributed by atoms with Gasteiger partial charge in [0.25, 0.3) is 5.69 Å². The van der Waals surface area contributed by atoms with Crippen LogP contribution >= 0.6 is 15.9 Å². The highest BCUT2D eigenvalue weighted by molar-refractivity contribution is 9.10. The number of halogens is 2. The van der Waals surface area contributed by atoms with Gasteiger partial charge >= 0.3 is 0 Å². The lowest BCUT2D eigenvalue weighted by atomic mass is 10.1. The fraction of sp³-hybridized carbons (Fsp3) is 0.0625. The van der Waals surface area contributed by atoms with E-state index in [2.05, 4.69) is 26.2 Å². The molecule has 0 spiro atoms. The van der Waals surface area contributed by atoms with E-state index in [0.29, 0.717) is 26.6 Å². The van der Waals surface area contributed by atoms with Gasteiger partial charge in [-0.1, -0.05) is 22.0 Å². The number of nitro groups is 1. The lowest BCUT2D eigenvalue weighted by molar-refractivity contribution is -0.383. The number of aromatic nitrogens is 1. The number of nitrogens with one attached hydrogen (secondary N) is 1. The predicted octanol–water partition coefficient (Wildman–Crippen LogP) is 5.10. The molecule has 0 aliphatic rings. The minimum absolute atomic E-state index is 0.0302. The standard InChI is InChI=1S/C16H11BrFN3O2/c1-9-2-4-12-11(15(9)21(22)23)6-7-19-16(12)20-14-8-10(17)3-5-13(14)18/h2-8H,1H3,(H,19,20). The number of aryl methyl sites for hydroxylation is 1. The van der Waals surface area contributed by atoms with E-state index in [1.54, 1.807) is 37.3 Å². The van der Waals surface area contributed by atoms with E-state index < -0.39 is 10.7 Å². The van der Waals surface area contributed by atoms with Crippen molar-refractivity contribution < 1.29 is 9.31 Å². The molecule has 2 aromatic carbocycles. The zero-order valence-corrected chi connectivity index (χ0v) is 13.6. The molecule has 0 fully saturated rings. The van der Waals surface area contributed by atoms with Crippen molar-refractivity contribution in [2.24, 2.45) is 0 Å². The molecule has 7 heteroatoms. The zero-order valence-electron chi connectivity index (χ0n) is 12.0. The van der Waals surface area contributed by atoms with Crippen molar-refractivity contribution in [1.29, 1.82) is 0 Å². The molecule has 0 radical (unpaired) electrons. The molecule has 0 saturated carbocycles. The topological polar surface area (TPSA) is 68.1 Å². The maximum Gasteiger partial charge on any atom is 0.280 e. The first-order chi connectivity index (χ1) is 11.0. The van der Waals surface area contributed by atoms with E-state index in [4.69, 9.17) is 0 Å². The van der Waals surface area contributed by atoms with Crippen molar-refractivity contribution in [2.45, 2.75) is 6.92 Å². The number of benzene rings is 2. The Kier molecular flexibility index (Phi) is 3.96. The van der Waals surface area contributed by atoms with Crippen molar-refractivity contribution in [3.63, 3.8) is 0 Å². The summed E-state index contributed by atoms with van der Waals surface area (Å²) in [6, 6.07) is 9.48. The Morgan fingerprint density at radius 1 is 1.22 bits per heavy atom. The highest BCUT2D eigenvalue weighted by Crippen LogP contribution is 2.34. The first-order valence-corrected chi connectivity index (χ1v) is 7.51. The van der Waals surface area contributed by atoms with Gasteiger partial charge in [-0.25, -0.2) is 9.37 Å². The van der Waals surface area contributed by atoms with Crippen LogP contribution in [0.3, 0.4) is 0 Å². The van der Waals surface area contributed by atoms with Crippen molar-refractivity contribution in [3.05, 3.63) is 68.6 Å². The molecule has 116 valence electrons. The van der Waals surface area contributed by atoms with Crippen LogP contribution in [0.25, 0.3) is 10.8 Å². The maximum atomic E-state index is 13.9. The number of rotatable bonds is 3. The molecule has 0 aliphatic heterocycles. The molecule has 3 rings (SSSR count). The number of fused-ring (bicyclic) bond motifs is 1. The lowest BCUT2D eigenvalue weighted by Gasteiger charge is -2.11. The largest absolute Gasteiger partial charge is 0.337 e. The molecule has 1 aromatic heterocycles. The van der Waals surface area contributed by atoms with E-state index in [-0.39, 0.29) is 11.4 Å². The first-order valence-electron chi connectivity index (χ1n) is 6.72. The molecule has 23 heavy (non-hydrogen) atoms. The van der Waals surface area contributed by atoms with Crippen molar-refractivity contribution in [2.75, 3.05) is 5.32 Å². The first kappa shape index (κ1) is 15.4. The van der Waals surface area contributed by atoms with Crippen LogP contribution < -0.4 is 5.32 Å². The van der Waals surface area contributed by atoms with E-state index in [9.17, 15) is 14.5 Å². The lowest BCUT2D eigenvalue weighted by Crippen LogP contribution is -1.99. The summed E-state index contributed by atoms with van der Waals surface area (Å²) in [5, 5.41) is 15.2.